The van der Waals surface area contributed by atoms with Gasteiger partial charge >= 0.3 is 7.12 Å². The van der Waals surface area contributed by atoms with Crippen LogP contribution < -0.4 is 5.46 Å². The zero-order valence-electron chi connectivity index (χ0n) is 15.4. The summed E-state index contributed by atoms with van der Waals surface area (Å²) in [7, 11) is -1.01. The first kappa shape index (κ1) is 18.3. The highest BCUT2D eigenvalue weighted by molar-refractivity contribution is 6.62. The maximum atomic E-state index is 14.7. The molecule has 1 atom stereocenters. The highest BCUT2D eigenvalue weighted by atomic mass is 19.2. The van der Waals surface area contributed by atoms with Crippen LogP contribution in [0.4, 0.5) is 8.78 Å². The molecule has 7 heteroatoms. The number of carbonyl (C=O) groups is 1. The van der Waals surface area contributed by atoms with E-state index >= 15 is 0 Å². The fraction of sp³-hybridized carbons (Fsp3) is 0.611. The standard InChI is InChI=1S/C18H24BF2NO3/c1-11-7-6-10-22(11)16(23)12-8-9-13(15(21)14(12)20)19-24-17(2,3)18(4,5)25-19/h8-9,11H,6-7,10H2,1-5H3/t11-/m0/s1. The molecule has 25 heavy (non-hydrogen) atoms. The first-order valence-corrected chi connectivity index (χ1v) is 8.69. The van der Waals surface area contributed by atoms with Crippen LogP contribution in [0, 0.1) is 11.6 Å². The van der Waals surface area contributed by atoms with Crippen LogP contribution in [0.1, 0.15) is 57.8 Å². The Bertz CT molecular complexity index is 692. The van der Waals surface area contributed by atoms with E-state index in [0.29, 0.717) is 6.54 Å². The Hall–Kier alpha value is -1.47. The first-order valence-electron chi connectivity index (χ1n) is 8.69. The number of benzene rings is 1. The summed E-state index contributed by atoms with van der Waals surface area (Å²) < 4.78 is 40.8. The number of amides is 1. The Labute approximate surface area is 147 Å². The largest absolute Gasteiger partial charge is 0.497 e. The smallest absolute Gasteiger partial charge is 0.399 e. The van der Waals surface area contributed by atoms with E-state index in [1.807, 2.05) is 34.6 Å². The van der Waals surface area contributed by atoms with Gasteiger partial charge in [0.15, 0.2) is 11.6 Å². The molecular formula is C18H24BF2NO3. The molecule has 0 saturated carbocycles. The van der Waals surface area contributed by atoms with Crippen LogP contribution in [0.5, 0.6) is 0 Å². The van der Waals surface area contributed by atoms with Gasteiger partial charge in [-0.05, 0) is 53.5 Å². The van der Waals surface area contributed by atoms with Crippen LogP contribution in [-0.2, 0) is 9.31 Å². The van der Waals surface area contributed by atoms with E-state index in [1.165, 1.54) is 12.1 Å². The molecule has 4 nitrogen and oxygen atoms in total. The van der Waals surface area contributed by atoms with Gasteiger partial charge in [0.25, 0.3) is 5.91 Å². The number of rotatable bonds is 2. The Kier molecular flexibility index (Phi) is 4.44. The van der Waals surface area contributed by atoms with E-state index in [0.717, 1.165) is 12.8 Å². The number of hydrogen-bond acceptors (Lipinski definition) is 3. The van der Waals surface area contributed by atoms with Gasteiger partial charge in [-0.25, -0.2) is 8.78 Å². The van der Waals surface area contributed by atoms with Crippen molar-refractivity contribution in [3.63, 3.8) is 0 Å². The maximum absolute atomic E-state index is 14.7. The molecule has 0 unspecified atom stereocenters. The second-order valence-electron chi connectivity index (χ2n) is 7.91. The summed E-state index contributed by atoms with van der Waals surface area (Å²) in [4.78, 5) is 14.1. The molecule has 1 aromatic carbocycles. The summed E-state index contributed by atoms with van der Waals surface area (Å²) in [6.07, 6.45) is 1.75. The maximum Gasteiger partial charge on any atom is 0.497 e. The molecular weight excluding hydrogens is 327 g/mol. The Morgan fingerprint density at radius 3 is 2.28 bits per heavy atom. The third-order valence-electron chi connectivity index (χ3n) is 5.66. The van der Waals surface area contributed by atoms with Gasteiger partial charge in [-0.3, -0.25) is 4.79 Å². The van der Waals surface area contributed by atoms with Gasteiger partial charge in [-0.1, -0.05) is 6.07 Å². The van der Waals surface area contributed by atoms with Crippen LogP contribution in [0.25, 0.3) is 0 Å². The SMILES string of the molecule is C[C@H]1CCCN1C(=O)c1ccc(B2OC(C)(C)C(C)(C)O2)c(F)c1F. The molecule has 0 aliphatic carbocycles. The molecule has 0 bridgehead atoms. The highest BCUT2D eigenvalue weighted by Crippen LogP contribution is 2.36. The summed E-state index contributed by atoms with van der Waals surface area (Å²) in [5.41, 5.74) is -1.58. The van der Waals surface area contributed by atoms with Crippen molar-refractivity contribution in [2.45, 2.75) is 64.7 Å². The lowest BCUT2D eigenvalue weighted by atomic mass is 9.78. The second kappa shape index (κ2) is 6.06. The number of halogens is 2. The normalized spacial score (nSPS) is 24.8. The fourth-order valence-corrected chi connectivity index (χ4v) is 3.27. The van der Waals surface area contributed by atoms with Crippen molar-refractivity contribution in [1.29, 1.82) is 0 Å². The molecule has 0 N–H and O–H groups in total. The van der Waals surface area contributed by atoms with Crippen LogP contribution in [0.2, 0.25) is 0 Å². The number of hydrogen-bond donors (Lipinski definition) is 0. The number of likely N-dealkylation sites (tertiary alicyclic amines) is 1. The average molecular weight is 351 g/mol. The van der Waals surface area contributed by atoms with Gasteiger partial charge in [0.1, 0.15) is 0 Å². The van der Waals surface area contributed by atoms with Crippen molar-refractivity contribution in [1.82, 2.24) is 4.90 Å². The summed E-state index contributed by atoms with van der Waals surface area (Å²) in [5.74, 6) is -2.70. The summed E-state index contributed by atoms with van der Waals surface area (Å²) >= 11 is 0. The van der Waals surface area contributed by atoms with Crippen molar-refractivity contribution in [3.05, 3.63) is 29.3 Å². The predicted molar refractivity (Wildman–Crippen MR) is 91.8 cm³/mol. The van der Waals surface area contributed by atoms with Crippen LogP contribution >= 0.6 is 0 Å². The van der Waals surface area contributed by atoms with Gasteiger partial charge in [-0.2, -0.15) is 0 Å². The van der Waals surface area contributed by atoms with Gasteiger partial charge in [-0.15, -0.1) is 0 Å². The van der Waals surface area contributed by atoms with E-state index in [1.54, 1.807) is 4.90 Å². The van der Waals surface area contributed by atoms with Gasteiger partial charge < -0.3 is 14.2 Å². The van der Waals surface area contributed by atoms with E-state index in [9.17, 15) is 13.6 Å². The zero-order chi connectivity index (χ0) is 18.6. The van der Waals surface area contributed by atoms with Crippen molar-refractivity contribution < 1.29 is 22.9 Å². The first-order chi connectivity index (χ1) is 11.5. The fourth-order valence-electron chi connectivity index (χ4n) is 3.27. The minimum absolute atomic E-state index is 0.0258. The number of carbonyl (C=O) groups excluding carboxylic acids is 1. The van der Waals surface area contributed by atoms with E-state index in [2.05, 4.69) is 0 Å². The quantitative estimate of drug-likeness (QED) is 0.770. The lowest BCUT2D eigenvalue weighted by molar-refractivity contribution is 0.00578. The Morgan fingerprint density at radius 1 is 1.16 bits per heavy atom. The monoisotopic (exact) mass is 351 g/mol. The van der Waals surface area contributed by atoms with Gasteiger partial charge in [0, 0.05) is 18.0 Å². The molecule has 2 fully saturated rings. The molecule has 0 spiro atoms. The van der Waals surface area contributed by atoms with E-state index < -0.39 is 35.9 Å². The molecule has 136 valence electrons. The van der Waals surface area contributed by atoms with Crippen LogP contribution in [0.3, 0.4) is 0 Å². The minimum Gasteiger partial charge on any atom is -0.399 e. The summed E-state index contributed by atoms with van der Waals surface area (Å²) in [5, 5.41) is 0. The molecule has 2 aliphatic rings. The Balaban J connectivity index is 1.90. The van der Waals surface area contributed by atoms with E-state index in [-0.39, 0.29) is 17.1 Å². The molecule has 1 amide bonds. The lowest BCUT2D eigenvalue weighted by Crippen LogP contribution is -2.41. The van der Waals surface area contributed by atoms with Crippen LogP contribution in [-0.4, -0.2) is 41.7 Å². The van der Waals surface area contributed by atoms with Crippen molar-refractivity contribution in [3.8, 4) is 0 Å². The van der Waals surface area contributed by atoms with E-state index in [4.69, 9.17) is 9.31 Å². The average Bonchev–Trinajstić information content (AvgIpc) is 3.02. The highest BCUT2D eigenvalue weighted by Gasteiger charge is 2.52. The summed E-state index contributed by atoms with van der Waals surface area (Å²) in [6.45, 7) is 9.85. The molecule has 2 aliphatic heterocycles. The van der Waals surface area contributed by atoms with Crippen molar-refractivity contribution in [2.75, 3.05) is 6.54 Å². The van der Waals surface area contributed by atoms with Crippen LogP contribution in [0.15, 0.2) is 12.1 Å². The van der Waals surface area contributed by atoms with Gasteiger partial charge in [0.05, 0.1) is 16.8 Å². The molecule has 0 radical (unpaired) electrons. The molecule has 2 saturated heterocycles. The van der Waals surface area contributed by atoms with Crippen molar-refractivity contribution in [2.24, 2.45) is 0 Å². The van der Waals surface area contributed by atoms with Crippen molar-refractivity contribution >= 4 is 18.5 Å². The lowest BCUT2D eigenvalue weighted by Gasteiger charge is -2.32. The molecule has 2 heterocycles. The third-order valence-corrected chi connectivity index (χ3v) is 5.66. The summed E-state index contributed by atoms with van der Waals surface area (Å²) in [6, 6.07) is 2.75. The molecule has 0 aromatic heterocycles. The number of nitrogens with zero attached hydrogens (tertiary/aromatic N) is 1. The third kappa shape index (κ3) is 2.97. The second-order valence-corrected chi connectivity index (χ2v) is 7.91. The Morgan fingerprint density at radius 2 is 1.76 bits per heavy atom. The minimum atomic E-state index is -1.14. The molecule has 3 rings (SSSR count). The molecule has 1 aromatic rings. The van der Waals surface area contributed by atoms with Gasteiger partial charge in [0.2, 0.25) is 0 Å². The predicted octanol–water partition coefficient (Wildman–Crippen LogP) is 2.89. The zero-order valence-corrected chi connectivity index (χ0v) is 15.4. The topological polar surface area (TPSA) is 38.8 Å².